The summed E-state index contributed by atoms with van der Waals surface area (Å²) in [4.78, 5) is 51.6. The molecule has 3 rings (SSSR count). The summed E-state index contributed by atoms with van der Waals surface area (Å²) in [5.74, 6) is -0.810. The summed E-state index contributed by atoms with van der Waals surface area (Å²) in [6.45, 7) is 1.60. The van der Waals surface area contributed by atoms with E-state index in [-0.39, 0.29) is 18.7 Å². The Morgan fingerprint density at radius 3 is 2.62 bits per heavy atom. The number of rotatable bonds is 4. The van der Waals surface area contributed by atoms with Gasteiger partial charge >= 0.3 is 5.69 Å². The van der Waals surface area contributed by atoms with E-state index >= 15 is 0 Å². The lowest BCUT2D eigenvalue weighted by atomic mass is 10.1. The van der Waals surface area contributed by atoms with Crippen LogP contribution in [0.5, 0.6) is 0 Å². The monoisotopic (exact) mass is 356 g/mol. The molecule has 8 heteroatoms. The Kier molecular flexibility index (Phi) is 5.01. The minimum Gasteiger partial charge on any atom is -0.311 e. The molecule has 1 aliphatic rings. The van der Waals surface area contributed by atoms with Crippen molar-refractivity contribution < 1.29 is 9.59 Å². The first-order valence-corrected chi connectivity index (χ1v) is 8.47. The van der Waals surface area contributed by atoms with Crippen molar-refractivity contribution >= 4 is 11.8 Å². The number of amides is 2. The van der Waals surface area contributed by atoms with Gasteiger partial charge < -0.3 is 4.98 Å². The van der Waals surface area contributed by atoms with Gasteiger partial charge in [-0.1, -0.05) is 6.07 Å². The number of aromatic nitrogens is 2. The van der Waals surface area contributed by atoms with Crippen molar-refractivity contribution in [3.63, 3.8) is 0 Å². The molecule has 0 aliphatic heterocycles. The predicted molar refractivity (Wildman–Crippen MR) is 94.8 cm³/mol. The second-order valence-electron chi connectivity index (χ2n) is 6.35. The standard InChI is InChI=1S/C18H20N4O4/c1-10-14(17(25)20-18(26)19-10)7-8-15(23)21-22-16(24)13-6-5-11-3-2-4-12(11)9-13/h5-6,9H,2-4,7-8H2,1H3,(H,21,23)(H,22,24)(H2,19,20,25,26). The molecule has 136 valence electrons. The fourth-order valence-corrected chi connectivity index (χ4v) is 3.14. The second-order valence-corrected chi connectivity index (χ2v) is 6.35. The number of aromatic amines is 2. The van der Waals surface area contributed by atoms with Gasteiger partial charge in [0.25, 0.3) is 11.5 Å². The first-order valence-electron chi connectivity index (χ1n) is 8.47. The van der Waals surface area contributed by atoms with E-state index in [2.05, 4.69) is 20.8 Å². The molecule has 0 saturated heterocycles. The molecule has 0 unspecified atom stereocenters. The Hall–Kier alpha value is -3.16. The lowest BCUT2D eigenvalue weighted by Crippen LogP contribution is -2.42. The third kappa shape index (κ3) is 3.90. The van der Waals surface area contributed by atoms with Gasteiger partial charge in [0.15, 0.2) is 0 Å². The molecule has 8 nitrogen and oxygen atoms in total. The molecule has 0 bridgehead atoms. The number of hydrogen-bond acceptors (Lipinski definition) is 4. The largest absolute Gasteiger partial charge is 0.325 e. The molecule has 1 aromatic heterocycles. The number of benzene rings is 1. The lowest BCUT2D eigenvalue weighted by Gasteiger charge is -2.09. The van der Waals surface area contributed by atoms with Gasteiger partial charge in [-0.05, 0) is 55.9 Å². The van der Waals surface area contributed by atoms with Crippen LogP contribution in [-0.4, -0.2) is 21.8 Å². The number of nitrogens with one attached hydrogen (secondary N) is 4. The van der Waals surface area contributed by atoms with Crippen molar-refractivity contribution in [3.8, 4) is 0 Å². The molecule has 1 heterocycles. The van der Waals surface area contributed by atoms with Crippen LogP contribution in [0.3, 0.4) is 0 Å². The van der Waals surface area contributed by atoms with Crippen LogP contribution in [0.25, 0.3) is 0 Å². The van der Waals surface area contributed by atoms with Crippen LogP contribution in [0.15, 0.2) is 27.8 Å². The van der Waals surface area contributed by atoms with Crippen LogP contribution < -0.4 is 22.1 Å². The summed E-state index contributed by atoms with van der Waals surface area (Å²) in [5, 5.41) is 0. The molecule has 0 radical (unpaired) electrons. The van der Waals surface area contributed by atoms with Crippen LogP contribution >= 0.6 is 0 Å². The third-order valence-electron chi connectivity index (χ3n) is 4.53. The van der Waals surface area contributed by atoms with Crippen molar-refractivity contribution in [1.82, 2.24) is 20.8 Å². The SMILES string of the molecule is Cc1[nH]c(=O)[nH]c(=O)c1CCC(=O)NNC(=O)c1ccc2c(c1)CCC2. The molecule has 2 amide bonds. The molecule has 2 aromatic rings. The van der Waals surface area contributed by atoms with Gasteiger partial charge in [0.2, 0.25) is 5.91 Å². The Balaban J connectivity index is 1.54. The number of hydrazine groups is 1. The minimum absolute atomic E-state index is 0.000428. The molecule has 1 aromatic carbocycles. The van der Waals surface area contributed by atoms with Gasteiger partial charge in [-0.25, -0.2) is 4.79 Å². The summed E-state index contributed by atoms with van der Waals surface area (Å²) in [6.07, 6.45) is 3.26. The highest BCUT2D eigenvalue weighted by Crippen LogP contribution is 2.22. The Morgan fingerprint density at radius 2 is 1.85 bits per heavy atom. The van der Waals surface area contributed by atoms with E-state index in [1.807, 2.05) is 12.1 Å². The van der Waals surface area contributed by atoms with Gasteiger partial charge in [-0.3, -0.25) is 30.2 Å². The van der Waals surface area contributed by atoms with Crippen LogP contribution in [0.1, 0.15) is 45.6 Å². The summed E-state index contributed by atoms with van der Waals surface area (Å²) < 4.78 is 0. The van der Waals surface area contributed by atoms with E-state index in [1.165, 1.54) is 11.1 Å². The average Bonchev–Trinajstić information content (AvgIpc) is 3.06. The molecular weight excluding hydrogens is 336 g/mol. The summed E-state index contributed by atoms with van der Waals surface area (Å²) >= 11 is 0. The van der Waals surface area contributed by atoms with Crippen molar-refractivity contribution in [2.45, 2.75) is 39.0 Å². The smallest absolute Gasteiger partial charge is 0.311 e. The second kappa shape index (κ2) is 7.38. The van der Waals surface area contributed by atoms with E-state index in [1.54, 1.807) is 13.0 Å². The molecule has 4 N–H and O–H groups in total. The molecular formula is C18H20N4O4. The van der Waals surface area contributed by atoms with Crippen molar-refractivity contribution in [2.75, 3.05) is 0 Å². The summed E-state index contributed by atoms with van der Waals surface area (Å²) in [7, 11) is 0. The maximum Gasteiger partial charge on any atom is 0.325 e. The lowest BCUT2D eigenvalue weighted by molar-refractivity contribution is -0.121. The molecule has 1 aliphatic carbocycles. The van der Waals surface area contributed by atoms with E-state index in [9.17, 15) is 19.2 Å². The van der Waals surface area contributed by atoms with Crippen molar-refractivity contribution in [3.05, 3.63) is 67.0 Å². The zero-order chi connectivity index (χ0) is 18.7. The van der Waals surface area contributed by atoms with Gasteiger partial charge in [0.05, 0.1) is 0 Å². The molecule has 0 atom stereocenters. The molecule has 26 heavy (non-hydrogen) atoms. The Bertz CT molecular complexity index is 974. The highest BCUT2D eigenvalue weighted by atomic mass is 16.2. The molecule has 0 fully saturated rings. The van der Waals surface area contributed by atoms with Gasteiger partial charge in [-0.2, -0.15) is 0 Å². The van der Waals surface area contributed by atoms with Gasteiger partial charge in [-0.15, -0.1) is 0 Å². The van der Waals surface area contributed by atoms with E-state index in [0.29, 0.717) is 16.8 Å². The average molecular weight is 356 g/mol. The van der Waals surface area contributed by atoms with Crippen molar-refractivity contribution in [2.24, 2.45) is 0 Å². The first kappa shape index (κ1) is 17.7. The number of aryl methyl sites for hydroxylation is 3. The van der Waals surface area contributed by atoms with Gasteiger partial charge in [0.1, 0.15) is 0 Å². The first-order chi connectivity index (χ1) is 12.4. The maximum atomic E-state index is 12.1. The summed E-state index contributed by atoms with van der Waals surface area (Å²) in [6, 6.07) is 5.55. The van der Waals surface area contributed by atoms with Gasteiger partial charge in [0, 0.05) is 23.2 Å². The maximum absolute atomic E-state index is 12.1. The highest BCUT2D eigenvalue weighted by molar-refractivity contribution is 5.95. The number of hydrogen-bond donors (Lipinski definition) is 4. The summed E-state index contributed by atoms with van der Waals surface area (Å²) in [5.41, 5.74) is 7.34. The van der Waals surface area contributed by atoms with Crippen LogP contribution in [0.4, 0.5) is 0 Å². The van der Waals surface area contributed by atoms with Crippen LogP contribution in [-0.2, 0) is 24.1 Å². The fourth-order valence-electron chi connectivity index (χ4n) is 3.14. The number of H-pyrrole nitrogens is 2. The van der Waals surface area contributed by atoms with Crippen molar-refractivity contribution in [1.29, 1.82) is 0 Å². The topological polar surface area (TPSA) is 124 Å². The number of fused-ring (bicyclic) bond motifs is 1. The Labute approximate surface area is 149 Å². The predicted octanol–water partition coefficient (Wildman–Crippen LogP) is 0.254. The molecule has 0 saturated carbocycles. The van der Waals surface area contributed by atoms with Crippen LogP contribution in [0.2, 0.25) is 0 Å². The van der Waals surface area contributed by atoms with E-state index < -0.39 is 17.2 Å². The number of carbonyl (C=O) groups excluding carboxylic acids is 2. The molecule has 0 spiro atoms. The van der Waals surface area contributed by atoms with Crippen LogP contribution in [0, 0.1) is 6.92 Å². The minimum atomic E-state index is -0.581. The number of carbonyl (C=O) groups is 2. The zero-order valence-corrected chi connectivity index (χ0v) is 14.4. The quantitative estimate of drug-likeness (QED) is 0.586. The normalized spacial score (nSPS) is 12.5. The van der Waals surface area contributed by atoms with E-state index in [0.717, 1.165) is 19.3 Å². The van der Waals surface area contributed by atoms with E-state index in [4.69, 9.17) is 0 Å². The highest BCUT2D eigenvalue weighted by Gasteiger charge is 2.15. The Morgan fingerprint density at radius 1 is 1.08 bits per heavy atom. The fraction of sp³-hybridized carbons (Fsp3) is 0.333. The zero-order valence-electron chi connectivity index (χ0n) is 14.4. The third-order valence-corrected chi connectivity index (χ3v) is 4.53.